The van der Waals surface area contributed by atoms with Crippen molar-refractivity contribution >= 4 is 23.7 Å². The number of nitrogens with two attached hydrogens (primary N) is 1. The lowest BCUT2D eigenvalue weighted by Crippen LogP contribution is -2.21. The number of benzene rings is 2. The van der Waals surface area contributed by atoms with Crippen molar-refractivity contribution in [3.8, 4) is 12.3 Å². The van der Waals surface area contributed by atoms with Crippen molar-refractivity contribution in [3.63, 3.8) is 0 Å². The number of carbonyl (C=O) groups excluding carboxylic acids is 1. The van der Waals surface area contributed by atoms with Gasteiger partial charge in [-0.25, -0.2) is 0 Å². The van der Waals surface area contributed by atoms with Crippen LogP contribution in [0.3, 0.4) is 0 Å². The number of nitrogens with one attached hydrogen (secondary N) is 1. The van der Waals surface area contributed by atoms with E-state index in [0.717, 1.165) is 22.4 Å². The van der Waals surface area contributed by atoms with Crippen LogP contribution in [0.2, 0.25) is 0 Å². The third-order valence-electron chi connectivity index (χ3n) is 2.93. The lowest BCUT2D eigenvalue weighted by molar-refractivity contribution is -0.114. The Kier molecular flexibility index (Phi) is 7.91. The smallest absolute Gasteiger partial charge is 0.238 e. The van der Waals surface area contributed by atoms with E-state index in [2.05, 4.69) is 11.2 Å². The topological polar surface area (TPSA) is 55.1 Å². The van der Waals surface area contributed by atoms with Gasteiger partial charge in [0.15, 0.2) is 0 Å². The molecule has 0 fully saturated rings. The maximum absolute atomic E-state index is 11.2. The minimum Gasteiger partial charge on any atom is -0.325 e. The molecule has 23 heavy (non-hydrogen) atoms. The van der Waals surface area contributed by atoms with Gasteiger partial charge in [0.1, 0.15) is 0 Å². The summed E-state index contributed by atoms with van der Waals surface area (Å²) in [4.78, 5) is 11.2. The van der Waals surface area contributed by atoms with Gasteiger partial charge in [-0.3, -0.25) is 4.79 Å². The van der Waals surface area contributed by atoms with E-state index in [1.54, 1.807) is 0 Å². The Labute approximate surface area is 138 Å². The Morgan fingerprint density at radius 3 is 1.96 bits per heavy atom. The molecular formula is C20H22N2O. The first-order valence-electron chi connectivity index (χ1n) is 7.56. The van der Waals surface area contributed by atoms with Crippen molar-refractivity contribution in [2.75, 3.05) is 11.9 Å². The Hall–Kier alpha value is -2.83. The lowest BCUT2D eigenvalue weighted by Gasteiger charge is -2.03. The van der Waals surface area contributed by atoms with Crippen LogP contribution in [-0.4, -0.2) is 12.5 Å². The second kappa shape index (κ2) is 9.99. The number of amides is 1. The predicted octanol–water partition coefficient (Wildman–Crippen LogP) is 3.76. The first kappa shape index (κ1) is 18.2. The molecular weight excluding hydrogens is 284 g/mol. The summed E-state index contributed by atoms with van der Waals surface area (Å²) in [5.41, 5.74) is 8.97. The molecule has 2 aromatic rings. The van der Waals surface area contributed by atoms with Crippen LogP contribution < -0.4 is 11.1 Å². The summed E-state index contributed by atoms with van der Waals surface area (Å²) in [7, 11) is 0. The van der Waals surface area contributed by atoms with Crippen LogP contribution in [0.25, 0.3) is 12.2 Å². The minimum absolute atomic E-state index is 0.0185. The van der Waals surface area contributed by atoms with Gasteiger partial charge in [0.25, 0.3) is 0 Å². The Morgan fingerprint density at radius 1 is 1.04 bits per heavy atom. The first-order chi connectivity index (χ1) is 11.2. The highest BCUT2D eigenvalue weighted by atomic mass is 16.1. The van der Waals surface area contributed by atoms with E-state index in [4.69, 9.17) is 12.2 Å². The summed E-state index contributed by atoms with van der Waals surface area (Å²) in [6, 6.07) is 15.3. The summed E-state index contributed by atoms with van der Waals surface area (Å²) < 4.78 is 0. The van der Waals surface area contributed by atoms with Gasteiger partial charge in [0.2, 0.25) is 5.91 Å². The maximum Gasteiger partial charge on any atom is 0.238 e. The van der Waals surface area contributed by atoms with Crippen LogP contribution in [-0.2, 0) is 4.79 Å². The normalized spacial score (nSPS) is 9.65. The van der Waals surface area contributed by atoms with E-state index in [9.17, 15) is 4.79 Å². The standard InChI is InChI=1S/C18H16N2O.C2H6/c1-2-14-3-5-15(6-4-14)7-8-16-9-11-17(12-10-16)20-18(21)13-19;1-2/h1,3-12H,13,19H2,(H,20,21);1-2H3/b8-7+;. The van der Waals surface area contributed by atoms with Crippen LogP contribution in [0.1, 0.15) is 30.5 Å². The van der Waals surface area contributed by atoms with Crippen LogP contribution >= 0.6 is 0 Å². The molecule has 3 N–H and O–H groups in total. The molecule has 3 heteroatoms. The number of carbonyl (C=O) groups is 1. The molecule has 0 saturated heterocycles. The number of rotatable bonds is 4. The SMILES string of the molecule is C#Cc1ccc(/C=C/c2ccc(NC(=O)CN)cc2)cc1.CC. The summed E-state index contributed by atoms with van der Waals surface area (Å²) >= 11 is 0. The molecule has 3 nitrogen and oxygen atoms in total. The van der Waals surface area contributed by atoms with E-state index in [0.29, 0.717) is 0 Å². The van der Waals surface area contributed by atoms with E-state index in [1.807, 2.05) is 74.5 Å². The third kappa shape index (κ3) is 6.21. The van der Waals surface area contributed by atoms with Gasteiger partial charge in [0.05, 0.1) is 6.54 Å². The fourth-order valence-corrected chi connectivity index (χ4v) is 1.77. The zero-order valence-electron chi connectivity index (χ0n) is 13.5. The van der Waals surface area contributed by atoms with Gasteiger partial charge in [-0.2, -0.15) is 0 Å². The van der Waals surface area contributed by atoms with Crippen molar-refractivity contribution < 1.29 is 4.79 Å². The first-order valence-corrected chi connectivity index (χ1v) is 7.56. The van der Waals surface area contributed by atoms with Gasteiger partial charge >= 0.3 is 0 Å². The molecule has 1 amide bonds. The molecule has 0 aliphatic heterocycles. The van der Waals surface area contributed by atoms with Crippen LogP contribution in [0, 0.1) is 12.3 Å². The Morgan fingerprint density at radius 2 is 1.52 bits per heavy atom. The second-order valence-electron chi connectivity index (χ2n) is 4.47. The minimum atomic E-state index is -0.202. The van der Waals surface area contributed by atoms with E-state index in [1.165, 1.54) is 0 Å². The third-order valence-corrected chi connectivity index (χ3v) is 2.93. The average Bonchev–Trinajstić information content (AvgIpc) is 2.63. The molecule has 0 saturated carbocycles. The highest BCUT2D eigenvalue weighted by Gasteiger charge is 1.98. The van der Waals surface area contributed by atoms with Gasteiger partial charge < -0.3 is 11.1 Å². The van der Waals surface area contributed by atoms with Crippen LogP contribution in [0.15, 0.2) is 48.5 Å². The molecule has 0 aliphatic carbocycles. The number of anilines is 1. The fourth-order valence-electron chi connectivity index (χ4n) is 1.77. The average molecular weight is 306 g/mol. The molecule has 2 aromatic carbocycles. The van der Waals surface area contributed by atoms with Crippen molar-refractivity contribution in [2.24, 2.45) is 5.73 Å². The van der Waals surface area contributed by atoms with Crippen molar-refractivity contribution in [2.45, 2.75) is 13.8 Å². The van der Waals surface area contributed by atoms with Gasteiger partial charge in [-0.1, -0.05) is 56.2 Å². The molecule has 2 rings (SSSR count). The summed E-state index contributed by atoms with van der Waals surface area (Å²) in [6.07, 6.45) is 9.32. The fraction of sp³-hybridized carbons (Fsp3) is 0.150. The molecule has 0 unspecified atom stereocenters. The highest BCUT2D eigenvalue weighted by Crippen LogP contribution is 2.13. The van der Waals surface area contributed by atoms with Gasteiger partial charge in [-0.15, -0.1) is 6.42 Å². The van der Waals surface area contributed by atoms with Crippen molar-refractivity contribution in [1.82, 2.24) is 0 Å². The van der Waals surface area contributed by atoms with E-state index in [-0.39, 0.29) is 12.5 Å². The largest absolute Gasteiger partial charge is 0.325 e. The summed E-state index contributed by atoms with van der Waals surface area (Å²) in [5.74, 6) is 2.39. The number of hydrogen-bond acceptors (Lipinski definition) is 2. The second-order valence-corrected chi connectivity index (χ2v) is 4.47. The molecule has 0 aliphatic rings. The quantitative estimate of drug-likeness (QED) is 0.667. The predicted molar refractivity (Wildman–Crippen MR) is 98.8 cm³/mol. The van der Waals surface area contributed by atoms with Gasteiger partial charge in [-0.05, 0) is 35.4 Å². The van der Waals surface area contributed by atoms with Crippen molar-refractivity contribution in [3.05, 3.63) is 65.2 Å². The highest BCUT2D eigenvalue weighted by molar-refractivity contribution is 5.92. The van der Waals surface area contributed by atoms with Crippen LogP contribution in [0.4, 0.5) is 5.69 Å². The number of terminal acetylenes is 1. The Bertz CT molecular complexity index is 677. The summed E-state index contributed by atoms with van der Waals surface area (Å²) in [6.45, 7) is 3.98. The van der Waals surface area contributed by atoms with Crippen LogP contribution in [0.5, 0.6) is 0 Å². The molecule has 118 valence electrons. The molecule has 0 heterocycles. The zero-order chi connectivity index (χ0) is 17.1. The molecule has 0 aromatic heterocycles. The van der Waals surface area contributed by atoms with Crippen molar-refractivity contribution in [1.29, 1.82) is 0 Å². The van der Waals surface area contributed by atoms with E-state index < -0.39 is 0 Å². The molecule has 0 bridgehead atoms. The monoisotopic (exact) mass is 306 g/mol. The zero-order valence-corrected chi connectivity index (χ0v) is 13.5. The maximum atomic E-state index is 11.2. The molecule has 0 atom stereocenters. The van der Waals surface area contributed by atoms with E-state index >= 15 is 0 Å². The number of hydrogen-bond donors (Lipinski definition) is 2. The lowest BCUT2D eigenvalue weighted by atomic mass is 10.1. The molecule has 0 radical (unpaired) electrons. The summed E-state index contributed by atoms with van der Waals surface area (Å²) in [5, 5.41) is 2.70. The molecule has 0 spiro atoms. The van der Waals surface area contributed by atoms with Gasteiger partial charge in [0, 0.05) is 11.3 Å². The Balaban J connectivity index is 0.00000127.